The van der Waals surface area contributed by atoms with Gasteiger partial charge in [-0.2, -0.15) is 13.2 Å². The van der Waals surface area contributed by atoms with Crippen molar-refractivity contribution in [1.29, 1.82) is 0 Å². The zero-order valence-corrected chi connectivity index (χ0v) is 13.6. The summed E-state index contributed by atoms with van der Waals surface area (Å²) < 4.78 is 38.9. The standard InChI is InChI=1S/C12H8Cl2F3NOS2/c1-11(19,12(15,16)17)6-2-4-7(5-3-6)20-9-8(13)21-10(14)18-9/h2-5,19H,1H3. The lowest BCUT2D eigenvalue weighted by atomic mass is 9.96. The first-order valence-corrected chi connectivity index (χ1v) is 7.89. The molecule has 1 unspecified atom stereocenters. The second-order valence-corrected chi connectivity index (χ2v) is 7.49. The van der Waals surface area contributed by atoms with E-state index in [1.807, 2.05) is 0 Å². The van der Waals surface area contributed by atoms with E-state index < -0.39 is 11.8 Å². The topological polar surface area (TPSA) is 33.1 Å². The molecule has 2 rings (SSSR count). The molecule has 1 atom stereocenters. The van der Waals surface area contributed by atoms with Gasteiger partial charge < -0.3 is 5.11 Å². The van der Waals surface area contributed by atoms with Crippen LogP contribution >= 0.6 is 46.3 Å². The highest BCUT2D eigenvalue weighted by Gasteiger charge is 2.51. The van der Waals surface area contributed by atoms with Gasteiger partial charge in [0, 0.05) is 4.90 Å². The van der Waals surface area contributed by atoms with Crippen LogP contribution in [-0.2, 0) is 5.60 Å². The smallest absolute Gasteiger partial charge is 0.376 e. The molecule has 1 N–H and O–H groups in total. The highest BCUT2D eigenvalue weighted by atomic mass is 35.5. The number of aliphatic hydroxyl groups is 1. The molecular formula is C12H8Cl2F3NOS2. The highest BCUT2D eigenvalue weighted by molar-refractivity contribution is 7.99. The van der Waals surface area contributed by atoms with E-state index in [4.69, 9.17) is 23.2 Å². The Morgan fingerprint density at radius 2 is 1.76 bits per heavy atom. The Labute approximate surface area is 136 Å². The maximum Gasteiger partial charge on any atom is 0.421 e. The van der Waals surface area contributed by atoms with Crippen molar-refractivity contribution < 1.29 is 18.3 Å². The molecule has 0 amide bonds. The Morgan fingerprint density at radius 1 is 1.19 bits per heavy atom. The predicted molar refractivity (Wildman–Crippen MR) is 78.3 cm³/mol. The molecule has 0 fully saturated rings. The molecule has 0 bridgehead atoms. The van der Waals surface area contributed by atoms with Gasteiger partial charge in [-0.15, -0.1) is 0 Å². The lowest BCUT2D eigenvalue weighted by Crippen LogP contribution is -2.39. The van der Waals surface area contributed by atoms with Gasteiger partial charge in [-0.1, -0.05) is 58.4 Å². The van der Waals surface area contributed by atoms with Gasteiger partial charge in [-0.05, 0) is 24.6 Å². The van der Waals surface area contributed by atoms with E-state index in [9.17, 15) is 18.3 Å². The first-order valence-electron chi connectivity index (χ1n) is 5.50. The van der Waals surface area contributed by atoms with Crippen LogP contribution in [0.3, 0.4) is 0 Å². The molecule has 1 aromatic heterocycles. The summed E-state index contributed by atoms with van der Waals surface area (Å²) in [5, 5.41) is 10.1. The van der Waals surface area contributed by atoms with E-state index in [0.29, 0.717) is 25.6 Å². The van der Waals surface area contributed by atoms with Crippen molar-refractivity contribution in [2.45, 2.75) is 28.6 Å². The average molecular weight is 374 g/mol. The van der Waals surface area contributed by atoms with E-state index in [0.717, 1.165) is 11.3 Å². The Hall–Kier alpha value is -0.470. The fourth-order valence-electron chi connectivity index (χ4n) is 1.45. The molecule has 1 aromatic carbocycles. The molecule has 2 aromatic rings. The van der Waals surface area contributed by atoms with Gasteiger partial charge in [0.05, 0.1) is 0 Å². The Bertz CT molecular complexity index is 641. The minimum Gasteiger partial charge on any atom is -0.376 e. The summed E-state index contributed by atoms with van der Waals surface area (Å²) in [6.45, 7) is 0.715. The van der Waals surface area contributed by atoms with Crippen LogP contribution in [0.25, 0.3) is 0 Å². The Balaban J connectivity index is 2.22. The van der Waals surface area contributed by atoms with Crippen LogP contribution in [0.2, 0.25) is 8.80 Å². The monoisotopic (exact) mass is 373 g/mol. The van der Waals surface area contributed by atoms with Crippen LogP contribution in [-0.4, -0.2) is 16.3 Å². The van der Waals surface area contributed by atoms with Crippen molar-refractivity contribution in [1.82, 2.24) is 4.98 Å². The lowest BCUT2D eigenvalue weighted by molar-refractivity contribution is -0.258. The quantitative estimate of drug-likeness (QED) is 0.784. The maximum atomic E-state index is 12.7. The number of alkyl halides is 3. The van der Waals surface area contributed by atoms with Gasteiger partial charge in [-0.25, -0.2) is 4.98 Å². The van der Waals surface area contributed by atoms with Crippen LogP contribution in [0.1, 0.15) is 12.5 Å². The number of rotatable bonds is 3. The van der Waals surface area contributed by atoms with Crippen LogP contribution < -0.4 is 0 Å². The molecule has 0 spiro atoms. The fourth-order valence-corrected chi connectivity index (χ4v) is 3.75. The first-order chi connectivity index (χ1) is 9.61. The second-order valence-electron chi connectivity index (χ2n) is 4.24. The van der Waals surface area contributed by atoms with E-state index in [1.165, 1.54) is 36.0 Å². The fraction of sp³-hybridized carbons (Fsp3) is 0.250. The Kier molecular flexibility index (Phi) is 4.80. The minimum atomic E-state index is -4.74. The van der Waals surface area contributed by atoms with E-state index in [2.05, 4.69) is 4.98 Å². The second kappa shape index (κ2) is 5.96. The molecule has 0 aliphatic heterocycles. The molecule has 21 heavy (non-hydrogen) atoms. The van der Waals surface area contributed by atoms with Crippen molar-refractivity contribution in [2.75, 3.05) is 0 Å². The van der Waals surface area contributed by atoms with Crippen molar-refractivity contribution >= 4 is 46.3 Å². The van der Waals surface area contributed by atoms with Crippen LogP contribution in [0.5, 0.6) is 0 Å². The molecule has 0 aliphatic rings. The number of thiazole rings is 1. The summed E-state index contributed by atoms with van der Waals surface area (Å²) in [6.07, 6.45) is -4.74. The maximum absolute atomic E-state index is 12.7. The van der Waals surface area contributed by atoms with Crippen molar-refractivity contribution in [3.8, 4) is 0 Å². The van der Waals surface area contributed by atoms with Crippen LogP contribution in [0.15, 0.2) is 34.2 Å². The Morgan fingerprint density at radius 3 is 2.19 bits per heavy atom. The van der Waals surface area contributed by atoms with Gasteiger partial charge in [-0.3, -0.25) is 0 Å². The molecule has 0 saturated carbocycles. The molecule has 9 heteroatoms. The number of hydrogen-bond donors (Lipinski definition) is 1. The van der Waals surface area contributed by atoms with Crippen LogP contribution in [0, 0.1) is 0 Å². The normalized spacial score (nSPS) is 15.0. The van der Waals surface area contributed by atoms with E-state index in [1.54, 1.807) is 0 Å². The molecule has 2 nitrogen and oxygen atoms in total. The van der Waals surface area contributed by atoms with Gasteiger partial charge in [0.1, 0.15) is 9.36 Å². The summed E-state index contributed by atoms with van der Waals surface area (Å²) in [5.41, 5.74) is -3.13. The predicted octanol–water partition coefficient (Wildman–Crippen LogP) is 5.37. The number of halogens is 5. The van der Waals surface area contributed by atoms with E-state index in [-0.39, 0.29) is 5.56 Å². The molecule has 0 radical (unpaired) electrons. The number of nitrogens with zero attached hydrogens (tertiary/aromatic N) is 1. The third-order valence-corrected chi connectivity index (χ3v) is 5.31. The molecule has 0 aliphatic carbocycles. The summed E-state index contributed by atoms with van der Waals surface area (Å²) in [7, 11) is 0. The number of aromatic nitrogens is 1. The minimum absolute atomic E-state index is 0.234. The summed E-state index contributed by atoms with van der Waals surface area (Å²) in [6, 6.07) is 5.36. The summed E-state index contributed by atoms with van der Waals surface area (Å²) >= 11 is 13.9. The largest absolute Gasteiger partial charge is 0.421 e. The SMILES string of the molecule is CC(O)(c1ccc(Sc2nc(Cl)sc2Cl)cc1)C(F)(F)F. The van der Waals surface area contributed by atoms with Gasteiger partial charge >= 0.3 is 6.18 Å². The third kappa shape index (κ3) is 3.65. The van der Waals surface area contributed by atoms with Crippen molar-refractivity contribution in [3.05, 3.63) is 38.6 Å². The van der Waals surface area contributed by atoms with E-state index >= 15 is 0 Å². The van der Waals surface area contributed by atoms with Crippen LogP contribution in [0.4, 0.5) is 13.2 Å². The third-order valence-electron chi connectivity index (χ3n) is 2.71. The molecular weight excluding hydrogens is 366 g/mol. The first kappa shape index (κ1) is 16.9. The zero-order valence-electron chi connectivity index (χ0n) is 10.4. The average Bonchev–Trinajstić information content (AvgIpc) is 2.67. The van der Waals surface area contributed by atoms with Gasteiger partial charge in [0.25, 0.3) is 0 Å². The molecule has 1 heterocycles. The lowest BCUT2D eigenvalue weighted by Gasteiger charge is -2.26. The zero-order chi connectivity index (χ0) is 15.8. The number of benzene rings is 1. The molecule has 0 saturated heterocycles. The highest BCUT2D eigenvalue weighted by Crippen LogP contribution is 2.41. The van der Waals surface area contributed by atoms with Gasteiger partial charge in [0.2, 0.25) is 0 Å². The summed E-state index contributed by atoms with van der Waals surface area (Å²) in [4.78, 5) is 4.64. The number of hydrogen-bond acceptors (Lipinski definition) is 4. The molecule has 114 valence electrons. The van der Waals surface area contributed by atoms with Crippen molar-refractivity contribution in [2.24, 2.45) is 0 Å². The van der Waals surface area contributed by atoms with Crippen molar-refractivity contribution in [3.63, 3.8) is 0 Å². The van der Waals surface area contributed by atoms with Gasteiger partial charge in [0.15, 0.2) is 10.1 Å². The summed E-state index contributed by atoms with van der Waals surface area (Å²) in [5.74, 6) is 0.